The number of aromatic nitrogens is 8. The first kappa shape index (κ1) is 72.0. The monoisotopic (exact) mass is 1380 g/mol. The molecule has 102 heavy (non-hydrogen) atoms. The van der Waals surface area contributed by atoms with Gasteiger partial charge in [-0.2, -0.15) is 0 Å². The molecule has 4 aromatic heterocycles. The standard InChI is InChI=1S/C49H61N11O3.C31H39N5O3/c1-34-32-58(56-54-34)28-12-10-14-35-22-24-36(25-23-35)15-11-13-29-59-33-44(55-57-59)46(37-16-4-3-5-17-37)53-48(62)45-27-26-39-18-6-8-21-42(49(63)60(39)45)52-47(61)43(50-2)30-38-31-51-41-20-9-7-19-40(38)41;1-20(21-10-4-3-5-11-21)34-30(38)28-17-16-23-12-6-8-15-26(31(39)36(23)28)35-29(37)27(32-2)18-22-19-33-25-14-9-7-13-24(22)25/h3-5,7,9,16-17,19-20,22-25,31-33,39,42-43,45-46,50-51H,6,8,10-15,18,21,26-30H2,1-2H3,(H,52,61)(H,53,62);3-5,7,9-11,13-14,19-20,23,26-28,32-33H,6,8,12,15-18H2,1-2H3,(H,34,38)(H,35,37)/t39-,42-,43-,45-,46-;20-,23+,26+,27+,28+/m01/s1. The number of unbranched alkanes of at least 4 members (excludes halogenated alkanes) is 2. The summed E-state index contributed by atoms with van der Waals surface area (Å²) in [5.74, 6) is -1.09. The molecule has 0 unspecified atom stereocenters. The van der Waals surface area contributed by atoms with Crippen LogP contribution in [0.1, 0.15) is 167 Å². The Hall–Kier alpha value is -9.80. The quantitative estimate of drug-likeness (QED) is 0.0224. The van der Waals surface area contributed by atoms with Crippen LogP contribution < -0.4 is 31.9 Å². The third-order valence-corrected chi connectivity index (χ3v) is 21.2. The predicted octanol–water partition coefficient (Wildman–Crippen LogP) is 9.75. The van der Waals surface area contributed by atoms with Crippen molar-refractivity contribution in [2.45, 2.75) is 216 Å². The number of fused-ring (bicyclic) bond motifs is 4. The summed E-state index contributed by atoms with van der Waals surface area (Å²) in [4.78, 5) is 93.5. The second kappa shape index (κ2) is 34.7. The fourth-order valence-corrected chi connectivity index (χ4v) is 15.6. The number of benzene rings is 5. The Kier molecular flexibility index (Phi) is 24.5. The zero-order chi connectivity index (χ0) is 70.9. The maximum Gasteiger partial charge on any atom is 0.246 e. The van der Waals surface area contributed by atoms with E-state index in [-0.39, 0.29) is 53.6 Å². The highest BCUT2D eigenvalue weighted by Gasteiger charge is 2.46. The first-order chi connectivity index (χ1) is 49.8. The van der Waals surface area contributed by atoms with Crippen molar-refractivity contribution in [1.29, 1.82) is 0 Å². The van der Waals surface area contributed by atoms with Gasteiger partial charge in [0.2, 0.25) is 35.4 Å². The molecule has 8 N–H and O–H groups in total. The van der Waals surface area contributed by atoms with Gasteiger partial charge in [0.1, 0.15) is 29.9 Å². The number of rotatable bonds is 27. The molecule has 6 amide bonds. The summed E-state index contributed by atoms with van der Waals surface area (Å²) in [5.41, 5.74) is 10.3. The number of nitrogens with one attached hydrogen (secondary N) is 8. The number of para-hydroxylation sites is 2. The third-order valence-electron chi connectivity index (χ3n) is 21.2. The Bertz CT molecular complexity index is 4240. The lowest BCUT2D eigenvalue weighted by atomic mass is 9.98. The van der Waals surface area contributed by atoms with Gasteiger partial charge in [-0.3, -0.25) is 38.1 Å². The Balaban J connectivity index is 0.000000215. The highest BCUT2D eigenvalue weighted by molar-refractivity contribution is 5.96. The molecular weight excluding hydrogens is 1280 g/mol. The average Bonchev–Trinajstić information content (AvgIpc) is 1.62. The maximum absolute atomic E-state index is 14.5. The molecule has 13 rings (SSSR count). The number of aromatic amines is 2. The SMILES string of the molecule is CN[C@@H](Cc1c[nH]c2ccccc12)C(=O)N[C@H]1CCCC[C@H]2CC[C@@H](C(=O)N[C@@H](c3ccccc3)c3cn(CCCCc4ccc(CCCCn5cc(C)nn5)cc4)nn3)N2C1=O.CN[C@@H](Cc1c[nH]c2ccccc12)C(=O)N[C@H]1CCCC[C@H]2CC[C@@H](C(=O)N[C@H](C)c3ccccc3)N2C1=O. The zero-order valence-electron chi connectivity index (χ0n) is 59.4. The van der Waals surface area contributed by atoms with Gasteiger partial charge in [-0.05, 0) is 176 Å². The predicted molar refractivity (Wildman–Crippen MR) is 394 cm³/mol. The van der Waals surface area contributed by atoms with E-state index in [1.807, 2.05) is 157 Å². The van der Waals surface area contributed by atoms with Crippen molar-refractivity contribution in [3.63, 3.8) is 0 Å². The Morgan fingerprint density at radius 2 is 0.961 bits per heavy atom. The Labute approximate surface area is 597 Å². The lowest BCUT2D eigenvalue weighted by molar-refractivity contribution is -0.144. The molecule has 0 bridgehead atoms. The fraction of sp³-hybridized carbons (Fsp3) is 0.450. The van der Waals surface area contributed by atoms with Gasteiger partial charge in [0.25, 0.3) is 0 Å². The Morgan fingerprint density at radius 1 is 0.510 bits per heavy atom. The molecule has 4 aliphatic rings. The average molecular weight is 1380 g/mol. The van der Waals surface area contributed by atoms with E-state index in [0.29, 0.717) is 50.8 Å². The lowest BCUT2D eigenvalue weighted by Gasteiger charge is -2.36. The minimum absolute atomic E-state index is 0.0336. The molecule has 8 heterocycles. The summed E-state index contributed by atoms with van der Waals surface area (Å²) >= 11 is 0. The minimum atomic E-state index is -0.714. The topological polar surface area (TPSA) is 274 Å². The van der Waals surface area contributed by atoms with Crippen molar-refractivity contribution in [1.82, 2.24) is 81.7 Å². The van der Waals surface area contributed by atoms with Gasteiger partial charge in [0.15, 0.2) is 0 Å². The molecule has 22 nitrogen and oxygen atoms in total. The molecule has 10 atom stereocenters. The molecule has 4 aliphatic heterocycles. The number of H-pyrrole nitrogens is 2. The van der Waals surface area contributed by atoms with Crippen molar-refractivity contribution in [3.05, 3.63) is 203 Å². The molecule has 4 saturated heterocycles. The van der Waals surface area contributed by atoms with Gasteiger partial charge in [-0.1, -0.05) is 157 Å². The molecule has 5 aromatic carbocycles. The van der Waals surface area contributed by atoms with Gasteiger partial charge in [-0.25, -0.2) is 0 Å². The van der Waals surface area contributed by atoms with Gasteiger partial charge in [0, 0.05) is 65.6 Å². The van der Waals surface area contributed by atoms with Crippen LogP contribution in [0.25, 0.3) is 21.8 Å². The molecular formula is C80H100N16O6. The van der Waals surface area contributed by atoms with Crippen molar-refractivity contribution >= 4 is 57.2 Å². The van der Waals surface area contributed by atoms with E-state index in [2.05, 4.69) is 86.8 Å². The largest absolute Gasteiger partial charge is 0.361 e. The molecule has 0 saturated carbocycles. The van der Waals surface area contributed by atoms with Gasteiger partial charge < -0.3 is 51.7 Å². The summed E-state index contributed by atoms with van der Waals surface area (Å²) < 4.78 is 3.77. The van der Waals surface area contributed by atoms with Crippen LogP contribution in [0.4, 0.5) is 0 Å². The minimum Gasteiger partial charge on any atom is -0.361 e. The van der Waals surface area contributed by atoms with E-state index < -0.39 is 42.3 Å². The van der Waals surface area contributed by atoms with Crippen molar-refractivity contribution < 1.29 is 28.8 Å². The fourth-order valence-electron chi connectivity index (χ4n) is 15.6. The second-order valence-corrected chi connectivity index (χ2v) is 28.2. The number of amides is 6. The van der Waals surface area contributed by atoms with E-state index in [1.165, 1.54) is 11.1 Å². The van der Waals surface area contributed by atoms with E-state index in [4.69, 9.17) is 0 Å². The van der Waals surface area contributed by atoms with Gasteiger partial charge in [0.05, 0.1) is 36.1 Å². The van der Waals surface area contributed by atoms with E-state index in [0.717, 1.165) is 146 Å². The van der Waals surface area contributed by atoms with E-state index >= 15 is 0 Å². The zero-order valence-corrected chi connectivity index (χ0v) is 59.4. The van der Waals surface area contributed by atoms with Crippen molar-refractivity contribution in [2.24, 2.45) is 0 Å². The first-order valence-electron chi connectivity index (χ1n) is 37.0. The van der Waals surface area contributed by atoms with Crippen LogP contribution in [0.3, 0.4) is 0 Å². The van der Waals surface area contributed by atoms with Crippen LogP contribution in [0.15, 0.2) is 158 Å². The van der Waals surface area contributed by atoms with Crippen LogP contribution in [-0.2, 0) is 67.5 Å². The molecule has 536 valence electrons. The number of carbonyl (C=O) groups is 6. The smallest absolute Gasteiger partial charge is 0.246 e. The Morgan fingerprint density at radius 3 is 1.45 bits per heavy atom. The van der Waals surface area contributed by atoms with Crippen molar-refractivity contribution in [3.8, 4) is 0 Å². The van der Waals surface area contributed by atoms with Crippen molar-refractivity contribution in [2.75, 3.05) is 14.1 Å². The molecule has 0 aliphatic carbocycles. The highest BCUT2D eigenvalue weighted by atomic mass is 16.2. The van der Waals surface area contributed by atoms with Gasteiger partial charge in [-0.15, -0.1) is 10.2 Å². The maximum atomic E-state index is 14.5. The van der Waals surface area contributed by atoms with Crippen LogP contribution in [0.5, 0.6) is 0 Å². The van der Waals surface area contributed by atoms with Gasteiger partial charge >= 0.3 is 0 Å². The van der Waals surface area contributed by atoms with Crippen LogP contribution in [0.2, 0.25) is 0 Å². The second-order valence-electron chi connectivity index (χ2n) is 28.2. The number of nitrogens with zero attached hydrogens (tertiary/aromatic N) is 8. The molecule has 9 aromatic rings. The molecule has 4 fully saturated rings. The highest BCUT2D eigenvalue weighted by Crippen LogP contribution is 2.35. The summed E-state index contributed by atoms with van der Waals surface area (Å²) in [5, 5.41) is 38.2. The summed E-state index contributed by atoms with van der Waals surface area (Å²) in [7, 11) is 3.54. The summed E-state index contributed by atoms with van der Waals surface area (Å²) in [6, 6.07) is 40.4. The third kappa shape index (κ3) is 17.9. The number of aryl methyl sites for hydroxylation is 5. The number of hydrogen-bond donors (Lipinski definition) is 8. The first-order valence-corrected chi connectivity index (χ1v) is 37.0. The van der Waals surface area contributed by atoms with E-state index in [9.17, 15) is 28.8 Å². The van der Waals surface area contributed by atoms with Crippen LogP contribution >= 0.6 is 0 Å². The number of carbonyl (C=O) groups excluding carboxylic acids is 6. The molecule has 22 heteroatoms. The number of hydrogen-bond acceptors (Lipinski definition) is 12. The molecule has 0 radical (unpaired) electrons. The van der Waals surface area contributed by atoms with Crippen LogP contribution in [-0.4, -0.2) is 148 Å². The number of likely N-dealkylation sites (N-methyl/N-ethyl adjacent to an activating group) is 2. The van der Waals surface area contributed by atoms with E-state index in [1.54, 1.807) is 23.9 Å². The summed E-state index contributed by atoms with van der Waals surface area (Å²) in [6.45, 7) is 5.53. The lowest BCUT2D eigenvalue weighted by Crippen LogP contribution is -2.58. The normalized spacial score (nSPS) is 20.4. The summed E-state index contributed by atoms with van der Waals surface area (Å²) in [6.07, 6.45) is 24.1. The van der Waals surface area contributed by atoms with Crippen LogP contribution in [0, 0.1) is 6.92 Å². The molecule has 0 spiro atoms.